The first-order valence-electron chi connectivity index (χ1n) is 7.59. The van der Waals surface area contributed by atoms with E-state index in [1.54, 1.807) is 6.07 Å². The minimum absolute atomic E-state index is 0.123. The Kier molecular flexibility index (Phi) is 7.73. The summed E-state index contributed by atoms with van der Waals surface area (Å²) < 4.78 is 13.3. The summed E-state index contributed by atoms with van der Waals surface area (Å²) >= 11 is 0. The Morgan fingerprint density at radius 3 is 2.58 bits per heavy atom. The average molecular weight is 265 g/mol. The number of benzene rings is 1. The summed E-state index contributed by atoms with van der Waals surface area (Å²) in [6, 6.07) is 7.08. The maximum atomic E-state index is 13.3. The van der Waals surface area contributed by atoms with Gasteiger partial charge in [-0.1, -0.05) is 52.2 Å². The van der Waals surface area contributed by atoms with Crippen LogP contribution >= 0.6 is 0 Å². The van der Waals surface area contributed by atoms with Crippen molar-refractivity contribution in [3.63, 3.8) is 0 Å². The summed E-state index contributed by atoms with van der Waals surface area (Å²) in [5, 5.41) is 3.51. The third kappa shape index (κ3) is 6.72. The topological polar surface area (TPSA) is 12.0 Å². The fourth-order valence-electron chi connectivity index (χ4n) is 2.33. The van der Waals surface area contributed by atoms with Gasteiger partial charge in [0.1, 0.15) is 5.82 Å². The van der Waals surface area contributed by atoms with Gasteiger partial charge in [0.25, 0.3) is 0 Å². The zero-order valence-corrected chi connectivity index (χ0v) is 12.6. The van der Waals surface area contributed by atoms with E-state index in [9.17, 15) is 4.39 Å². The molecule has 1 unspecified atom stereocenters. The molecule has 0 heterocycles. The number of rotatable bonds is 9. The molecule has 1 nitrogen and oxygen atoms in total. The Morgan fingerprint density at radius 1 is 1.16 bits per heavy atom. The Hall–Kier alpha value is -0.890. The molecule has 0 aromatic heterocycles. The van der Waals surface area contributed by atoms with Gasteiger partial charge in [-0.2, -0.15) is 0 Å². The molecule has 108 valence electrons. The van der Waals surface area contributed by atoms with E-state index in [1.807, 2.05) is 6.07 Å². The van der Waals surface area contributed by atoms with Crippen molar-refractivity contribution >= 4 is 0 Å². The number of halogens is 1. The number of unbranched alkanes of at least 4 members (excludes halogenated alkanes) is 2. The third-order valence-electron chi connectivity index (χ3n) is 3.42. The van der Waals surface area contributed by atoms with E-state index in [-0.39, 0.29) is 5.82 Å². The van der Waals surface area contributed by atoms with E-state index in [0.717, 1.165) is 25.1 Å². The highest BCUT2D eigenvalue weighted by Gasteiger charge is 2.12. The fourth-order valence-corrected chi connectivity index (χ4v) is 2.33. The highest BCUT2D eigenvalue weighted by molar-refractivity contribution is 5.21. The summed E-state index contributed by atoms with van der Waals surface area (Å²) in [5.74, 6) is 0.964. The second-order valence-electron chi connectivity index (χ2n) is 5.80. The van der Waals surface area contributed by atoms with Crippen molar-refractivity contribution < 1.29 is 4.39 Å². The molecular weight excluding hydrogens is 237 g/mol. The average Bonchev–Trinajstić information content (AvgIpc) is 2.37. The summed E-state index contributed by atoms with van der Waals surface area (Å²) in [4.78, 5) is 0. The minimum atomic E-state index is -0.123. The molecule has 0 aliphatic carbocycles. The smallest absolute Gasteiger partial charge is 0.123 e. The van der Waals surface area contributed by atoms with Crippen LogP contribution in [0.2, 0.25) is 0 Å². The second kappa shape index (κ2) is 9.08. The lowest BCUT2D eigenvalue weighted by atomic mass is 9.93. The maximum Gasteiger partial charge on any atom is 0.123 e. The van der Waals surface area contributed by atoms with Gasteiger partial charge in [0.2, 0.25) is 0 Å². The molecule has 1 N–H and O–H groups in total. The van der Waals surface area contributed by atoms with Crippen LogP contribution in [0.5, 0.6) is 0 Å². The summed E-state index contributed by atoms with van der Waals surface area (Å²) in [6.07, 6.45) is 4.86. The van der Waals surface area contributed by atoms with E-state index < -0.39 is 0 Å². The molecule has 0 radical (unpaired) electrons. The van der Waals surface area contributed by atoms with Crippen LogP contribution in [-0.4, -0.2) is 13.1 Å². The normalized spacial score (nSPS) is 12.9. The quantitative estimate of drug-likeness (QED) is 0.636. The summed E-state index contributed by atoms with van der Waals surface area (Å²) in [6.45, 7) is 8.61. The van der Waals surface area contributed by atoms with Crippen LogP contribution < -0.4 is 5.32 Å². The molecule has 0 saturated carbocycles. The molecule has 0 aliphatic rings. The van der Waals surface area contributed by atoms with Gasteiger partial charge in [0.05, 0.1) is 0 Å². The van der Waals surface area contributed by atoms with Gasteiger partial charge >= 0.3 is 0 Å². The van der Waals surface area contributed by atoms with Crippen molar-refractivity contribution in [1.29, 1.82) is 0 Å². The van der Waals surface area contributed by atoms with E-state index in [2.05, 4.69) is 32.2 Å². The Bertz CT molecular complexity index is 349. The Morgan fingerprint density at radius 2 is 1.95 bits per heavy atom. The molecule has 0 aliphatic heterocycles. The predicted molar refractivity (Wildman–Crippen MR) is 81.0 cm³/mol. The van der Waals surface area contributed by atoms with Gasteiger partial charge in [-0.25, -0.2) is 4.39 Å². The van der Waals surface area contributed by atoms with E-state index in [1.165, 1.54) is 25.3 Å². The molecule has 1 aromatic carbocycles. The SMILES string of the molecule is CCCCCC(CNCC(C)C)c1cccc(F)c1. The molecular formula is C17H28FN. The van der Waals surface area contributed by atoms with Crippen molar-refractivity contribution in [2.24, 2.45) is 5.92 Å². The summed E-state index contributed by atoms with van der Waals surface area (Å²) in [7, 11) is 0. The van der Waals surface area contributed by atoms with E-state index in [4.69, 9.17) is 0 Å². The van der Waals surface area contributed by atoms with Crippen molar-refractivity contribution in [3.8, 4) is 0 Å². The van der Waals surface area contributed by atoms with Gasteiger partial charge in [-0.05, 0) is 42.5 Å². The van der Waals surface area contributed by atoms with Crippen LogP contribution in [0.1, 0.15) is 57.9 Å². The van der Waals surface area contributed by atoms with E-state index in [0.29, 0.717) is 11.8 Å². The second-order valence-corrected chi connectivity index (χ2v) is 5.80. The lowest BCUT2D eigenvalue weighted by molar-refractivity contribution is 0.484. The van der Waals surface area contributed by atoms with Crippen molar-refractivity contribution in [2.45, 2.75) is 52.4 Å². The number of hydrogen-bond acceptors (Lipinski definition) is 1. The largest absolute Gasteiger partial charge is 0.316 e. The highest BCUT2D eigenvalue weighted by Crippen LogP contribution is 2.22. The van der Waals surface area contributed by atoms with Crippen molar-refractivity contribution in [2.75, 3.05) is 13.1 Å². The molecule has 1 rings (SSSR count). The highest BCUT2D eigenvalue weighted by atomic mass is 19.1. The first-order chi connectivity index (χ1) is 9.13. The standard InChI is InChI=1S/C17H28FN/c1-4-5-6-8-16(13-19-12-14(2)3)15-9-7-10-17(18)11-15/h7,9-11,14,16,19H,4-6,8,12-13H2,1-3H3. The zero-order valence-electron chi connectivity index (χ0n) is 12.6. The van der Waals surface area contributed by atoms with Crippen LogP contribution in [0.3, 0.4) is 0 Å². The van der Waals surface area contributed by atoms with E-state index >= 15 is 0 Å². The molecule has 0 spiro atoms. The van der Waals surface area contributed by atoms with Crippen molar-refractivity contribution in [1.82, 2.24) is 5.32 Å². The van der Waals surface area contributed by atoms with Gasteiger partial charge in [-0.3, -0.25) is 0 Å². The van der Waals surface area contributed by atoms with Crippen LogP contribution in [0.4, 0.5) is 4.39 Å². The fraction of sp³-hybridized carbons (Fsp3) is 0.647. The molecule has 1 atom stereocenters. The lowest BCUT2D eigenvalue weighted by Gasteiger charge is -2.19. The maximum absolute atomic E-state index is 13.3. The number of hydrogen-bond donors (Lipinski definition) is 1. The molecule has 0 amide bonds. The molecule has 1 aromatic rings. The molecule has 0 saturated heterocycles. The van der Waals surface area contributed by atoms with Crippen LogP contribution in [0, 0.1) is 11.7 Å². The third-order valence-corrected chi connectivity index (χ3v) is 3.42. The molecule has 0 fully saturated rings. The van der Waals surface area contributed by atoms with Crippen LogP contribution in [0.15, 0.2) is 24.3 Å². The van der Waals surface area contributed by atoms with Gasteiger partial charge < -0.3 is 5.32 Å². The molecule has 0 bridgehead atoms. The van der Waals surface area contributed by atoms with Gasteiger partial charge in [0.15, 0.2) is 0 Å². The van der Waals surface area contributed by atoms with Crippen LogP contribution in [0.25, 0.3) is 0 Å². The van der Waals surface area contributed by atoms with Crippen LogP contribution in [-0.2, 0) is 0 Å². The first-order valence-corrected chi connectivity index (χ1v) is 7.59. The monoisotopic (exact) mass is 265 g/mol. The number of nitrogens with one attached hydrogen (secondary N) is 1. The first kappa shape index (κ1) is 16.2. The molecule has 19 heavy (non-hydrogen) atoms. The zero-order chi connectivity index (χ0) is 14.1. The van der Waals surface area contributed by atoms with Crippen molar-refractivity contribution in [3.05, 3.63) is 35.6 Å². The Labute approximate surface area is 117 Å². The Balaban J connectivity index is 2.57. The predicted octanol–water partition coefficient (Wildman–Crippen LogP) is 4.74. The van der Waals surface area contributed by atoms with Gasteiger partial charge in [-0.15, -0.1) is 0 Å². The molecule has 2 heteroatoms. The summed E-state index contributed by atoms with van der Waals surface area (Å²) in [5.41, 5.74) is 1.13. The lowest BCUT2D eigenvalue weighted by Crippen LogP contribution is -2.25. The minimum Gasteiger partial charge on any atom is -0.316 e. The van der Waals surface area contributed by atoms with Gasteiger partial charge in [0, 0.05) is 6.54 Å².